The van der Waals surface area contributed by atoms with Gasteiger partial charge in [0.15, 0.2) is 15.4 Å². The molecule has 0 saturated carbocycles. The van der Waals surface area contributed by atoms with Gasteiger partial charge in [-0.15, -0.1) is 0 Å². The van der Waals surface area contributed by atoms with E-state index in [0.717, 1.165) is 15.4 Å². The highest BCUT2D eigenvalue weighted by Crippen LogP contribution is 2.20. The lowest BCUT2D eigenvalue weighted by atomic mass is 10.7. The molecule has 0 spiro atoms. The smallest absolute Gasteiger partial charge is 0.197 e. The summed E-state index contributed by atoms with van der Waals surface area (Å²) in [5.74, 6) is 0. The van der Waals surface area contributed by atoms with E-state index in [1.54, 1.807) is 12.4 Å². The highest BCUT2D eigenvalue weighted by atomic mass is 32.1. The van der Waals surface area contributed by atoms with Gasteiger partial charge in [-0.3, -0.25) is 4.40 Å². The lowest BCUT2D eigenvalue weighted by Gasteiger charge is -1.84. The van der Waals surface area contributed by atoms with Gasteiger partial charge in [-0.05, 0) is 0 Å². The van der Waals surface area contributed by atoms with E-state index in [2.05, 4.69) is 21.1 Å². The molecular weight excluding hydrogens is 172 g/mol. The predicted molar refractivity (Wildman–Crippen MR) is 45.0 cm³/mol. The van der Waals surface area contributed by atoms with E-state index in [1.165, 1.54) is 11.3 Å². The molecule has 0 amide bonds. The number of thiazole rings is 1. The number of aromatic nitrogens is 4. The van der Waals surface area contributed by atoms with E-state index in [4.69, 9.17) is 0 Å². The van der Waals surface area contributed by atoms with Crippen molar-refractivity contribution in [2.75, 3.05) is 0 Å². The zero-order valence-electron chi connectivity index (χ0n) is 5.93. The van der Waals surface area contributed by atoms with Gasteiger partial charge in [0.05, 0.1) is 6.20 Å². The van der Waals surface area contributed by atoms with Crippen molar-refractivity contribution >= 4 is 26.8 Å². The lowest BCUT2D eigenvalue weighted by molar-refractivity contribution is 1.18. The molecular formula is C7H3N4S. The van der Waals surface area contributed by atoms with Gasteiger partial charge in [0.2, 0.25) is 0 Å². The molecule has 3 heterocycles. The van der Waals surface area contributed by atoms with Gasteiger partial charge < -0.3 is 0 Å². The zero-order valence-corrected chi connectivity index (χ0v) is 6.75. The van der Waals surface area contributed by atoms with Crippen LogP contribution in [0, 0.1) is 6.20 Å². The molecule has 5 heteroatoms. The highest BCUT2D eigenvalue weighted by Gasteiger charge is 2.05. The summed E-state index contributed by atoms with van der Waals surface area (Å²) in [5, 5.41) is 0. The van der Waals surface area contributed by atoms with Crippen molar-refractivity contribution in [2.24, 2.45) is 0 Å². The molecule has 0 atom stereocenters. The van der Waals surface area contributed by atoms with Crippen LogP contribution >= 0.6 is 11.3 Å². The molecule has 3 aromatic heterocycles. The molecule has 3 aromatic rings. The van der Waals surface area contributed by atoms with Crippen LogP contribution in [0.5, 0.6) is 0 Å². The van der Waals surface area contributed by atoms with Gasteiger partial charge in [-0.25, -0.2) is 15.0 Å². The van der Waals surface area contributed by atoms with Gasteiger partial charge >= 0.3 is 0 Å². The van der Waals surface area contributed by atoms with Gasteiger partial charge in [0.1, 0.15) is 6.20 Å². The number of hydrogen-bond donors (Lipinski definition) is 0. The molecule has 0 aromatic carbocycles. The van der Waals surface area contributed by atoms with Crippen molar-refractivity contribution in [1.82, 2.24) is 19.4 Å². The molecule has 0 N–H and O–H groups in total. The molecule has 4 nitrogen and oxygen atoms in total. The molecule has 3 rings (SSSR count). The Morgan fingerprint density at radius 3 is 3.42 bits per heavy atom. The average Bonchev–Trinajstić information content (AvgIpc) is 2.62. The van der Waals surface area contributed by atoms with Crippen molar-refractivity contribution in [3.05, 3.63) is 24.8 Å². The summed E-state index contributed by atoms with van der Waals surface area (Å²) >= 11 is 1.53. The topological polar surface area (TPSA) is 43.1 Å². The fourth-order valence-corrected chi connectivity index (χ4v) is 2.00. The molecule has 0 aliphatic rings. The van der Waals surface area contributed by atoms with Crippen LogP contribution in [0.25, 0.3) is 15.4 Å². The first kappa shape index (κ1) is 6.07. The van der Waals surface area contributed by atoms with Crippen molar-refractivity contribution in [3.63, 3.8) is 0 Å². The summed E-state index contributed by atoms with van der Waals surface area (Å²) in [6.07, 6.45) is 7.89. The quantitative estimate of drug-likeness (QED) is 0.514. The Kier molecular flexibility index (Phi) is 1.02. The second-order valence-electron chi connectivity index (χ2n) is 2.31. The zero-order chi connectivity index (χ0) is 7.97. The summed E-state index contributed by atoms with van der Waals surface area (Å²) < 4.78 is 1.91. The third kappa shape index (κ3) is 0.634. The second-order valence-corrected chi connectivity index (χ2v) is 3.27. The minimum atomic E-state index is 0.829. The van der Waals surface area contributed by atoms with E-state index < -0.39 is 0 Å². The molecule has 0 bridgehead atoms. The first-order valence-corrected chi connectivity index (χ1v) is 4.21. The summed E-state index contributed by atoms with van der Waals surface area (Å²) in [6, 6.07) is 0. The molecule has 1 radical (unpaired) electrons. The first-order chi connectivity index (χ1) is 5.95. The van der Waals surface area contributed by atoms with Crippen LogP contribution in [-0.2, 0) is 0 Å². The normalized spacial score (nSPS) is 11.3. The van der Waals surface area contributed by atoms with Crippen LogP contribution in [0.15, 0.2) is 18.6 Å². The van der Waals surface area contributed by atoms with Crippen LogP contribution in [0.4, 0.5) is 0 Å². The van der Waals surface area contributed by atoms with Crippen LogP contribution < -0.4 is 0 Å². The average molecular weight is 175 g/mol. The molecule has 0 aliphatic carbocycles. The van der Waals surface area contributed by atoms with Crippen molar-refractivity contribution < 1.29 is 0 Å². The van der Waals surface area contributed by atoms with Gasteiger partial charge in [0, 0.05) is 12.4 Å². The molecule has 0 aliphatic heterocycles. The number of rotatable bonds is 0. The van der Waals surface area contributed by atoms with Crippen molar-refractivity contribution in [3.8, 4) is 0 Å². The summed E-state index contributed by atoms with van der Waals surface area (Å²) in [5.41, 5.74) is 0.829. The Morgan fingerprint density at radius 2 is 2.42 bits per heavy atom. The standard InChI is InChI=1S/C7H3N4S/c1-2-9-6-5(8-1)11-4-3-10-7(11)12-6/h2-4H. The Hall–Kier alpha value is -1.49. The Labute approximate surface area is 71.5 Å². The predicted octanol–water partition coefficient (Wildman–Crippen LogP) is 1.14. The van der Waals surface area contributed by atoms with E-state index in [-0.39, 0.29) is 0 Å². The lowest BCUT2D eigenvalue weighted by Crippen LogP contribution is -1.82. The van der Waals surface area contributed by atoms with Crippen molar-refractivity contribution in [2.45, 2.75) is 0 Å². The van der Waals surface area contributed by atoms with Gasteiger partial charge in [0.25, 0.3) is 0 Å². The monoisotopic (exact) mass is 175 g/mol. The molecule has 0 saturated heterocycles. The molecule has 12 heavy (non-hydrogen) atoms. The molecule has 0 fully saturated rings. The van der Waals surface area contributed by atoms with E-state index >= 15 is 0 Å². The second kappa shape index (κ2) is 2.01. The number of imidazole rings is 1. The van der Waals surface area contributed by atoms with Crippen LogP contribution in [0.2, 0.25) is 0 Å². The minimum Gasteiger partial charge on any atom is -0.273 e. The number of nitrogens with zero attached hydrogens (tertiary/aromatic N) is 4. The maximum absolute atomic E-state index is 4.14. The minimum absolute atomic E-state index is 0.829. The summed E-state index contributed by atoms with van der Waals surface area (Å²) in [6.45, 7) is 0. The Bertz CT molecular complexity index is 537. The van der Waals surface area contributed by atoms with E-state index in [1.807, 2.05) is 10.6 Å². The Balaban J connectivity index is 2.68. The molecule has 57 valence electrons. The maximum atomic E-state index is 4.14. The third-order valence-corrected chi connectivity index (χ3v) is 2.59. The van der Waals surface area contributed by atoms with Crippen LogP contribution in [0.1, 0.15) is 0 Å². The van der Waals surface area contributed by atoms with Crippen LogP contribution in [-0.4, -0.2) is 19.4 Å². The Morgan fingerprint density at radius 1 is 1.42 bits per heavy atom. The third-order valence-electron chi connectivity index (χ3n) is 1.62. The van der Waals surface area contributed by atoms with Crippen molar-refractivity contribution in [1.29, 1.82) is 0 Å². The van der Waals surface area contributed by atoms with E-state index in [0.29, 0.717) is 0 Å². The van der Waals surface area contributed by atoms with Crippen LogP contribution in [0.3, 0.4) is 0 Å². The number of hydrogen-bond acceptors (Lipinski definition) is 4. The fraction of sp³-hybridized carbons (Fsp3) is 0. The first-order valence-electron chi connectivity index (χ1n) is 3.40. The SMILES string of the molecule is [c]1cnc2sc3nccn3c2n1. The van der Waals surface area contributed by atoms with E-state index in [9.17, 15) is 0 Å². The highest BCUT2D eigenvalue weighted by molar-refractivity contribution is 7.23. The maximum Gasteiger partial charge on any atom is 0.197 e. The summed E-state index contributed by atoms with van der Waals surface area (Å²) in [4.78, 5) is 14.2. The summed E-state index contributed by atoms with van der Waals surface area (Å²) in [7, 11) is 0. The largest absolute Gasteiger partial charge is 0.273 e. The van der Waals surface area contributed by atoms with Gasteiger partial charge in [-0.1, -0.05) is 11.3 Å². The number of fused-ring (bicyclic) bond motifs is 3. The molecule has 0 unspecified atom stereocenters. The van der Waals surface area contributed by atoms with Gasteiger partial charge in [-0.2, -0.15) is 0 Å². The fourth-order valence-electron chi connectivity index (χ4n) is 1.12.